The molecule has 0 saturated heterocycles. The molecule has 0 bridgehead atoms. The van der Waals surface area contributed by atoms with Gasteiger partial charge in [0.2, 0.25) is 10.0 Å². The van der Waals surface area contributed by atoms with Gasteiger partial charge in [-0.25, -0.2) is 13.1 Å². The molecule has 19 heavy (non-hydrogen) atoms. The number of sulfonamides is 1. The van der Waals surface area contributed by atoms with Crippen LogP contribution in [0.5, 0.6) is 0 Å². The van der Waals surface area contributed by atoms with Crippen LogP contribution in [0.15, 0.2) is 27.6 Å². The Morgan fingerprint density at radius 2 is 2.00 bits per heavy atom. The minimum Gasteiger partial charge on any atom is -0.391 e. The van der Waals surface area contributed by atoms with Gasteiger partial charge in [-0.2, -0.15) is 0 Å². The van der Waals surface area contributed by atoms with Crippen LogP contribution in [0.25, 0.3) is 0 Å². The van der Waals surface area contributed by atoms with Crippen molar-refractivity contribution in [1.29, 1.82) is 0 Å². The SMILES string of the molecule is Cc1ccc(Br)cc1S(=O)(=O)N[C@H]1CCCC[C@@H]1O. The standard InChI is InChI=1S/C13H18BrNO3S/c1-9-6-7-10(14)8-13(9)19(17,18)15-11-4-2-3-5-12(11)16/h6-8,11-12,15-16H,2-5H2,1H3/t11-,12-/m0/s1. The molecule has 4 nitrogen and oxygen atoms in total. The molecule has 0 spiro atoms. The molecule has 0 aromatic heterocycles. The van der Waals surface area contributed by atoms with E-state index in [1.807, 2.05) is 6.07 Å². The lowest BCUT2D eigenvalue weighted by atomic mass is 9.93. The molecule has 0 radical (unpaired) electrons. The Morgan fingerprint density at radius 3 is 2.68 bits per heavy atom. The summed E-state index contributed by atoms with van der Waals surface area (Å²) in [5.74, 6) is 0. The topological polar surface area (TPSA) is 66.4 Å². The second-order valence-corrected chi connectivity index (χ2v) is 7.59. The average Bonchev–Trinajstić information content (AvgIpc) is 2.35. The molecule has 1 saturated carbocycles. The van der Waals surface area contributed by atoms with Gasteiger partial charge in [-0.15, -0.1) is 0 Å². The van der Waals surface area contributed by atoms with Crippen LogP contribution >= 0.6 is 15.9 Å². The van der Waals surface area contributed by atoms with Crippen molar-refractivity contribution >= 4 is 26.0 Å². The van der Waals surface area contributed by atoms with E-state index < -0.39 is 16.1 Å². The zero-order chi connectivity index (χ0) is 14.0. The largest absolute Gasteiger partial charge is 0.391 e. The highest BCUT2D eigenvalue weighted by molar-refractivity contribution is 9.10. The van der Waals surface area contributed by atoms with Crippen molar-refractivity contribution in [3.05, 3.63) is 28.2 Å². The van der Waals surface area contributed by atoms with Gasteiger partial charge in [-0.3, -0.25) is 0 Å². The summed E-state index contributed by atoms with van der Waals surface area (Å²) in [5, 5.41) is 9.87. The number of rotatable bonds is 3. The molecule has 1 aromatic rings. The third kappa shape index (κ3) is 3.56. The van der Waals surface area contributed by atoms with Crippen LogP contribution in [0.2, 0.25) is 0 Å². The third-order valence-electron chi connectivity index (χ3n) is 3.48. The number of hydrogen-bond donors (Lipinski definition) is 2. The van der Waals surface area contributed by atoms with Gasteiger partial charge in [0.15, 0.2) is 0 Å². The Bertz CT molecular complexity index is 559. The molecule has 0 heterocycles. The molecular formula is C13H18BrNO3S. The first-order valence-electron chi connectivity index (χ1n) is 6.37. The van der Waals surface area contributed by atoms with Gasteiger partial charge >= 0.3 is 0 Å². The van der Waals surface area contributed by atoms with Crippen molar-refractivity contribution in [2.45, 2.75) is 49.6 Å². The third-order valence-corrected chi connectivity index (χ3v) is 5.60. The van der Waals surface area contributed by atoms with E-state index in [4.69, 9.17) is 0 Å². The number of hydrogen-bond acceptors (Lipinski definition) is 3. The minimum atomic E-state index is -3.59. The van der Waals surface area contributed by atoms with E-state index in [9.17, 15) is 13.5 Å². The van der Waals surface area contributed by atoms with E-state index in [1.165, 1.54) is 0 Å². The first-order chi connectivity index (χ1) is 8.90. The van der Waals surface area contributed by atoms with Crippen molar-refractivity contribution in [3.63, 3.8) is 0 Å². The Hall–Kier alpha value is -0.430. The predicted octanol–water partition coefficient (Wildman–Crippen LogP) is 2.34. The van der Waals surface area contributed by atoms with E-state index in [0.29, 0.717) is 18.4 Å². The lowest BCUT2D eigenvalue weighted by molar-refractivity contribution is 0.101. The number of nitrogens with one attached hydrogen (secondary N) is 1. The van der Waals surface area contributed by atoms with Crippen molar-refractivity contribution in [2.24, 2.45) is 0 Å². The first kappa shape index (κ1) is 15.0. The van der Waals surface area contributed by atoms with Crippen LogP contribution in [0.3, 0.4) is 0 Å². The summed E-state index contributed by atoms with van der Waals surface area (Å²) in [6.07, 6.45) is 2.66. The van der Waals surface area contributed by atoms with Crippen molar-refractivity contribution in [1.82, 2.24) is 4.72 Å². The Kier molecular flexibility index (Phi) is 4.66. The van der Waals surface area contributed by atoms with Gasteiger partial charge in [0.05, 0.1) is 11.0 Å². The highest BCUT2D eigenvalue weighted by Gasteiger charge is 2.28. The molecule has 2 atom stereocenters. The monoisotopic (exact) mass is 347 g/mol. The molecule has 6 heteroatoms. The molecule has 1 aliphatic rings. The van der Waals surface area contributed by atoms with Gasteiger partial charge in [0.1, 0.15) is 0 Å². The molecule has 1 aromatic carbocycles. The molecule has 2 N–H and O–H groups in total. The molecule has 106 valence electrons. The van der Waals surface area contributed by atoms with E-state index >= 15 is 0 Å². The number of halogens is 1. The van der Waals surface area contributed by atoms with Crippen LogP contribution in [0.1, 0.15) is 31.2 Å². The summed E-state index contributed by atoms with van der Waals surface area (Å²) in [4.78, 5) is 0.264. The van der Waals surface area contributed by atoms with Crippen molar-refractivity contribution in [3.8, 4) is 0 Å². The second-order valence-electron chi connectivity index (χ2n) is 4.99. The van der Waals surface area contributed by atoms with E-state index in [2.05, 4.69) is 20.7 Å². The molecular weight excluding hydrogens is 330 g/mol. The Balaban J connectivity index is 2.24. The highest BCUT2D eigenvalue weighted by Crippen LogP contribution is 2.24. The molecule has 1 aliphatic carbocycles. The molecule has 2 rings (SSSR count). The maximum atomic E-state index is 12.4. The quantitative estimate of drug-likeness (QED) is 0.881. The van der Waals surface area contributed by atoms with Gasteiger partial charge in [0, 0.05) is 10.5 Å². The zero-order valence-electron chi connectivity index (χ0n) is 10.8. The summed E-state index contributed by atoms with van der Waals surface area (Å²) in [5.41, 5.74) is 0.695. The van der Waals surface area contributed by atoms with Crippen LogP contribution < -0.4 is 4.72 Å². The van der Waals surface area contributed by atoms with Crippen LogP contribution in [-0.2, 0) is 10.0 Å². The fraction of sp³-hybridized carbons (Fsp3) is 0.538. The fourth-order valence-electron chi connectivity index (χ4n) is 2.37. The van der Waals surface area contributed by atoms with E-state index in [-0.39, 0.29) is 10.9 Å². The molecule has 1 fully saturated rings. The summed E-state index contributed by atoms with van der Waals surface area (Å²) < 4.78 is 28.1. The second kappa shape index (κ2) is 5.91. The predicted molar refractivity (Wildman–Crippen MR) is 77.5 cm³/mol. The molecule has 0 aliphatic heterocycles. The van der Waals surface area contributed by atoms with Crippen LogP contribution in [0.4, 0.5) is 0 Å². The Morgan fingerprint density at radius 1 is 1.32 bits per heavy atom. The highest BCUT2D eigenvalue weighted by atomic mass is 79.9. The maximum Gasteiger partial charge on any atom is 0.241 e. The Labute approximate surface area is 122 Å². The van der Waals surface area contributed by atoms with Crippen LogP contribution in [-0.4, -0.2) is 25.7 Å². The van der Waals surface area contributed by atoms with Crippen molar-refractivity contribution in [2.75, 3.05) is 0 Å². The van der Waals surface area contributed by atoms with Crippen molar-refractivity contribution < 1.29 is 13.5 Å². The first-order valence-corrected chi connectivity index (χ1v) is 8.64. The lowest BCUT2D eigenvalue weighted by Gasteiger charge is -2.28. The summed E-state index contributed by atoms with van der Waals surface area (Å²) in [7, 11) is -3.59. The normalized spacial score (nSPS) is 24.4. The summed E-state index contributed by atoms with van der Waals surface area (Å²) in [6.45, 7) is 1.76. The number of aliphatic hydroxyl groups is 1. The number of aryl methyl sites for hydroxylation is 1. The average molecular weight is 348 g/mol. The number of aliphatic hydroxyl groups excluding tert-OH is 1. The van der Waals surface area contributed by atoms with E-state index in [1.54, 1.807) is 19.1 Å². The summed E-state index contributed by atoms with van der Waals surface area (Å²) in [6, 6.07) is 4.78. The smallest absolute Gasteiger partial charge is 0.241 e. The van der Waals surface area contributed by atoms with Gasteiger partial charge < -0.3 is 5.11 Å². The fourth-order valence-corrected chi connectivity index (χ4v) is 4.46. The van der Waals surface area contributed by atoms with Gasteiger partial charge in [-0.1, -0.05) is 34.8 Å². The van der Waals surface area contributed by atoms with Gasteiger partial charge in [-0.05, 0) is 37.5 Å². The molecule has 0 unspecified atom stereocenters. The van der Waals surface area contributed by atoms with Gasteiger partial charge in [0.25, 0.3) is 0 Å². The molecule has 0 amide bonds. The summed E-state index contributed by atoms with van der Waals surface area (Å²) >= 11 is 3.28. The maximum absolute atomic E-state index is 12.4. The minimum absolute atomic E-state index is 0.264. The lowest BCUT2D eigenvalue weighted by Crippen LogP contribution is -2.45. The van der Waals surface area contributed by atoms with Crippen LogP contribution in [0, 0.1) is 6.92 Å². The number of benzene rings is 1. The zero-order valence-corrected chi connectivity index (χ0v) is 13.2. The van der Waals surface area contributed by atoms with E-state index in [0.717, 1.165) is 17.3 Å².